The molecule has 0 radical (unpaired) electrons. The van der Waals surface area contributed by atoms with Crippen molar-refractivity contribution in [2.24, 2.45) is 11.3 Å². The van der Waals surface area contributed by atoms with Gasteiger partial charge in [-0.3, -0.25) is 24.1 Å². The van der Waals surface area contributed by atoms with Gasteiger partial charge in [-0.15, -0.1) is 0 Å². The topological polar surface area (TPSA) is 86.1 Å². The number of fused-ring (bicyclic) bond motifs is 2. The van der Waals surface area contributed by atoms with Crippen LogP contribution in [0.25, 0.3) is 4.85 Å². The second kappa shape index (κ2) is 8.88. The van der Waals surface area contributed by atoms with E-state index >= 15 is 0 Å². The number of likely N-dealkylation sites (N-methyl/N-ethyl adjacent to an activating group) is 1. The van der Waals surface area contributed by atoms with Crippen molar-refractivity contribution in [2.45, 2.75) is 89.0 Å². The highest BCUT2D eigenvalue weighted by Crippen LogP contribution is 2.47. The lowest BCUT2D eigenvalue weighted by atomic mass is 9.80. The molecular weight excluding hydrogens is 454 g/mol. The minimum absolute atomic E-state index is 0.0574. The molecule has 2 N–H and O–H groups in total. The molecule has 3 heterocycles. The SMILES string of the molecule is [C-]#[N+][C@@H]1C[C@@]2(CN1C(=O)[C@H](CC(C)(C)C)N(C)C(=O)[C@@H]1CC[C@@H](C3CC3)N1)C(=O)Nc1ccccc12. The van der Waals surface area contributed by atoms with Crippen molar-refractivity contribution in [3.8, 4) is 0 Å². The van der Waals surface area contributed by atoms with Gasteiger partial charge in [-0.05, 0) is 55.1 Å². The van der Waals surface area contributed by atoms with Crippen molar-refractivity contribution < 1.29 is 14.4 Å². The predicted octanol–water partition coefficient (Wildman–Crippen LogP) is 3.15. The van der Waals surface area contributed by atoms with Crippen molar-refractivity contribution in [1.82, 2.24) is 15.1 Å². The van der Waals surface area contributed by atoms with Crippen LogP contribution >= 0.6 is 0 Å². The number of para-hydroxylation sites is 1. The Balaban J connectivity index is 1.40. The zero-order valence-corrected chi connectivity index (χ0v) is 21.7. The van der Waals surface area contributed by atoms with Gasteiger partial charge < -0.3 is 15.5 Å². The van der Waals surface area contributed by atoms with Crippen LogP contribution < -0.4 is 10.6 Å². The Labute approximate surface area is 213 Å². The summed E-state index contributed by atoms with van der Waals surface area (Å²) in [5.41, 5.74) is 0.450. The molecule has 1 saturated carbocycles. The Bertz CT molecular complexity index is 1120. The molecule has 1 spiro atoms. The molecule has 1 aliphatic carbocycles. The number of carbonyl (C=O) groups excluding carboxylic acids is 3. The molecule has 0 aromatic heterocycles. The summed E-state index contributed by atoms with van der Waals surface area (Å²) in [6.45, 7) is 14.2. The number of anilines is 1. The van der Waals surface area contributed by atoms with Crippen LogP contribution in [0.3, 0.4) is 0 Å². The van der Waals surface area contributed by atoms with E-state index in [0.29, 0.717) is 18.4 Å². The highest BCUT2D eigenvalue weighted by molar-refractivity contribution is 6.07. The van der Waals surface area contributed by atoms with Gasteiger partial charge in [-0.2, -0.15) is 0 Å². The molecule has 2 saturated heterocycles. The van der Waals surface area contributed by atoms with Crippen LogP contribution in [0.1, 0.15) is 64.9 Å². The Kier molecular flexibility index (Phi) is 6.11. The van der Waals surface area contributed by atoms with Crippen molar-refractivity contribution in [1.29, 1.82) is 0 Å². The van der Waals surface area contributed by atoms with Crippen LogP contribution in [-0.2, 0) is 19.8 Å². The van der Waals surface area contributed by atoms with Gasteiger partial charge in [-0.25, -0.2) is 6.57 Å². The molecule has 8 heteroatoms. The lowest BCUT2D eigenvalue weighted by Crippen LogP contribution is -2.55. The average Bonchev–Trinajstić information content (AvgIpc) is 3.33. The molecule has 192 valence electrons. The van der Waals surface area contributed by atoms with Gasteiger partial charge in [0.25, 0.3) is 5.91 Å². The van der Waals surface area contributed by atoms with E-state index < -0.39 is 17.6 Å². The maximum atomic E-state index is 14.1. The molecule has 5 atom stereocenters. The summed E-state index contributed by atoms with van der Waals surface area (Å²) in [7, 11) is 1.72. The molecule has 4 aliphatic rings. The first-order valence-electron chi connectivity index (χ1n) is 13.1. The predicted molar refractivity (Wildman–Crippen MR) is 137 cm³/mol. The van der Waals surface area contributed by atoms with E-state index in [4.69, 9.17) is 6.57 Å². The lowest BCUT2D eigenvalue weighted by Gasteiger charge is -2.36. The van der Waals surface area contributed by atoms with Crippen LogP contribution in [0, 0.1) is 17.9 Å². The normalized spacial score (nSPS) is 30.1. The molecule has 3 amide bonds. The largest absolute Gasteiger partial charge is 0.332 e. The lowest BCUT2D eigenvalue weighted by molar-refractivity contribution is -0.147. The molecule has 1 aromatic carbocycles. The van der Waals surface area contributed by atoms with E-state index in [9.17, 15) is 14.4 Å². The zero-order chi connectivity index (χ0) is 25.8. The highest BCUT2D eigenvalue weighted by Gasteiger charge is 2.59. The quantitative estimate of drug-likeness (QED) is 0.620. The smallest absolute Gasteiger partial charge is 0.302 e. The zero-order valence-electron chi connectivity index (χ0n) is 21.7. The number of rotatable bonds is 5. The van der Waals surface area contributed by atoms with E-state index in [1.807, 2.05) is 24.3 Å². The summed E-state index contributed by atoms with van der Waals surface area (Å²) in [6.07, 6.45) is 4.23. The summed E-state index contributed by atoms with van der Waals surface area (Å²) in [6, 6.07) is 6.95. The number of benzene rings is 1. The molecule has 3 fully saturated rings. The van der Waals surface area contributed by atoms with E-state index in [0.717, 1.165) is 24.1 Å². The number of nitrogens with zero attached hydrogens (tertiary/aromatic N) is 3. The van der Waals surface area contributed by atoms with Gasteiger partial charge in [0, 0.05) is 25.3 Å². The summed E-state index contributed by atoms with van der Waals surface area (Å²) in [4.78, 5) is 47.8. The standard InChI is InChI=1S/C28H37N5O3/c1-27(2,3)14-22(32(5)24(34)21-13-12-19(30-21)17-10-11-17)25(35)33-16-28(15-23(33)29-4)18-8-6-7-9-20(18)31-26(28)36/h6-9,17,19,21-23,30H,10-16H2,1-3,5H3,(H,31,36)/t19-,21-,22-,23-,28-/m0/s1. The first-order valence-corrected chi connectivity index (χ1v) is 13.1. The molecule has 36 heavy (non-hydrogen) atoms. The fourth-order valence-corrected chi connectivity index (χ4v) is 6.35. The first-order chi connectivity index (χ1) is 17.0. The molecule has 3 aliphatic heterocycles. The number of carbonyl (C=O) groups is 3. The molecule has 8 nitrogen and oxygen atoms in total. The monoisotopic (exact) mass is 491 g/mol. The second-order valence-corrected chi connectivity index (χ2v) is 12.3. The molecular formula is C28H37N5O3. The van der Waals surface area contributed by atoms with Crippen LogP contribution in [0.2, 0.25) is 0 Å². The van der Waals surface area contributed by atoms with Gasteiger partial charge >= 0.3 is 6.17 Å². The van der Waals surface area contributed by atoms with Crippen molar-refractivity contribution >= 4 is 23.4 Å². The van der Waals surface area contributed by atoms with Gasteiger partial charge in [0.15, 0.2) is 0 Å². The van der Waals surface area contributed by atoms with E-state index in [-0.39, 0.29) is 42.1 Å². The fraction of sp³-hybridized carbons (Fsp3) is 0.643. The van der Waals surface area contributed by atoms with Gasteiger partial charge in [0.05, 0.1) is 12.5 Å². The molecule has 5 rings (SSSR count). The van der Waals surface area contributed by atoms with Crippen LogP contribution in [0.15, 0.2) is 24.3 Å². The Hall–Kier alpha value is -2.92. The minimum Gasteiger partial charge on any atom is -0.332 e. The number of hydrogen-bond donors (Lipinski definition) is 2. The molecule has 1 aromatic rings. The van der Waals surface area contributed by atoms with Gasteiger partial charge in [-0.1, -0.05) is 39.0 Å². The summed E-state index contributed by atoms with van der Waals surface area (Å²) in [5, 5.41) is 6.46. The van der Waals surface area contributed by atoms with Crippen molar-refractivity contribution in [2.75, 3.05) is 18.9 Å². The minimum atomic E-state index is -0.930. The van der Waals surface area contributed by atoms with Gasteiger partial charge in [0.1, 0.15) is 11.5 Å². The van der Waals surface area contributed by atoms with Crippen LogP contribution in [0.4, 0.5) is 5.69 Å². The number of nitrogens with one attached hydrogen (secondary N) is 2. The van der Waals surface area contributed by atoms with E-state index in [1.165, 1.54) is 12.8 Å². The van der Waals surface area contributed by atoms with Gasteiger partial charge in [0.2, 0.25) is 11.8 Å². The molecule has 0 unspecified atom stereocenters. The maximum Gasteiger partial charge on any atom is 0.302 e. The van der Waals surface area contributed by atoms with E-state index in [1.54, 1.807) is 16.8 Å². The Morgan fingerprint density at radius 3 is 2.61 bits per heavy atom. The Morgan fingerprint density at radius 2 is 1.94 bits per heavy atom. The van der Waals surface area contributed by atoms with E-state index in [2.05, 4.69) is 36.2 Å². The Morgan fingerprint density at radius 1 is 1.22 bits per heavy atom. The third-order valence-corrected chi connectivity index (χ3v) is 8.47. The third kappa shape index (κ3) is 4.28. The van der Waals surface area contributed by atoms with Crippen molar-refractivity contribution in [3.63, 3.8) is 0 Å². The third-order valence-electron chi connectivity index (χ3n) is 8.47. The van der Waals surface area contributed by atoms with Crippen molar-refractivity contribution in [3.05, 3.63) is 41.2 Å². The average molecular weight is 492 g/mol. The summed E-state index contributed by atoms with van der Waals surface area (Å²) in [5.74, 6) is 0.219. The van der Waals surface area contributed by atoms with Crippen LogP contribution in [-0.4, -0.2) is 65.4 Å². The number of likely N-dealkylation sites (tertiary alicyclic amines) is 1. The maximum absolute atomic E-state index is 14.1. The molecule has 0 bridgehead atoms. The number of amides is 3. The first kappa shape index (κ1) is 24.8. The fourth-order valence-electron chi connectivity index (χ4n) is 6.35. The second-order valence-electron chi connectivity index (χ2n) is 12.3. The summed E-state index contributed by atoms with van der Waals surface area (Å²) < 4.78 is 0. The van der Waals surface area contributed by atoms with Crippen LogP contribution in [0.5, 0.6) is 0 Å². The summed E-state index contributed by atoms with van der Waals surface area (Å²) >= 11 is 0. The highest BCUT2D eigenvalue weighted by atomic mass is 16.2. The number of hydrogen-bond acceptors (Lipinski definition) is 4.